The highest BCUT2D eigenvalue weighted by molar-refractivity contribution is 5.83. The number of carbonyl (C=O) groups excluding carboxylic acids is 1. The molecule has 0 aromatic carbocycles. The fraction of sp³-hybridized carbons (Fsp3) is 0.900. The quantitative estimate of drug-likeness (QED) is 0.655. The molecule has 0 aromatic heterocycles. The topological polar surface area (TPSA) is 52.6 Å². The predicted octanol–water partition coefficient (Wildman–Crippen LogP) is -0.0323. The van der Waals surface area contributed by atoms with Crippen LogP contribution in [-0.2, 0) is 4.79 Å². The minimum atomic E-state index is -0.239. The normalized spacial score (nSPS) is 24.4. The third-order valence-electron chi connectivity index (χ3n) is 2.77. The fourth-order valence-corrected chi connectivity index (χ4v) is 1.64. The van der Waals surface area contributed by atoms with Crippen LogP contribution in [-0.4, -0.2) is 48.2 Å². The molecule has 4 nitrogen and oxygen atoms in total. The third kappa shape index (κ3) is 2.96. The van der Waals surface area contributed by atoms with Crippen molar-refractivity contribution in [3.63, 3.8) is 0 Å². The number of nitrogens with zero attached hydrogens (tertiary/aromatic N) is 1. The average Bonchev–Trinajstić information content (AvgIpc) is 2.49. The highest BCUT2D eigenvalue weighted by atomic mass is 16.3. The first kappa shape index (κ1) is 11.5. The number of hydrogen-bond acceptors (Lipinski definition) is 3. The molecule has 0 aliphatic carbocycles. The Bertz CT molecular complexity index is 197. The lowest BCUT2D eigenvalue weighted by Crippen LogP contribution is -2.38. The number of likely N-dealkylation sites (N-methyl/N-ethyl adjacent to an activating group) is 1. The van der Waals surface area contributed by atoms with Crippen molar-refractivity contribution in [1.29, 1.82) is 0 Å². The van der Waals surface area contributed by atoms with Crippen LogP contribution in [0.15, 0.2) is 0 Å². The number of amides is 1. The molecule has 0 saturated carbocycles. The van der Waals surface area contributed by atoms with E-state index in [-0.39, 0.29) is 18.1 Å². The Labute approximate surface area is 85.3 Å². The summed E-state index contributed by atoms with van der Waals surface area (Å²) in [5.74, 6) is 0.177. The van der Waals surface area contributed by atoms with E-state index >= 15 is 0 Å². The Hall–Kier alpha value is -0.610. The highest BCUT2D eigenvalue weighted by Crippen LogP contribution is 2.08. The minimum Gasteiger partial charge on any atom is -0.393 e. The van der Waals surface area contributed by atoms with Crippen molar-refractivity contribution in [3.8, 4) is 0 Å². The van der Waals surface area contributed by atoms with Gasteiger partial charge in [-0.3, -0.25) is 4.79 Å². The van der Waals surface area contributed by atoms with Crippen LogP contribution in [0.2, 0.25) is 0 Å². The summed E-state index contributed by atoms with van der Waals surface area (Å²) in [4.78, 5) is 13.2. The lowest BCUT2D eigenvalue weighted by molar-refractivity contribution is -0.128. The predicted molar refractivity (Wildman–Crippen MR) is 55.0 cm³/mol. The lowest BCUT2D eigenvalue weighted by atomic mass is 10.2. The van der Waals surface area contributed by atoms with E-state index in [9.17, 15) is 9.90 Å². The molecule has 0 radical (unpaired) electrons. The van der Waals surface area contributed by atoms with Crippen LogP contribution < -0.4 is 5.32 Å². The summed E-state index contributed by atoms with van der Waals surface area (Å²) >= 11 is 0. The molecule has 14 heavy (non-hydrogen) atoms. The molecule has 1 rings (SSSR count). The van der Waals surface area contributed by atoms with Gasteiger partial charge in [0.2, 0.25) is 5.91 Å². The van der Waals surface area contributed by atoms with E-state index in [1.54, 1.807) is 4.90 Å². The summed E-state index contributed by atoms with van der Waals surface area (Å²) in [5, 5.41) is 12.5. The number of nitrogens with one attached hydrogen (secondary N) is 1. The first-order chi connectivity index (χ1) is 6.65. The van der Waals surface area contributed by atoms with E-state index in [1.165, 1.54) is 0 Å². The van der Waals surface area contributed by atoms with Crippen LogP contribution in [0.3, 0.4) is 0 Å². The van der Waals surface area contributed by atoms with Crippen molar-refractivity contribution in [1.82, 2.24) is 10.2 Å². The Morgan fingerprint density at radius 3 is 2.93 bits per heavy atom. The summed E-state index contributed by atoms with van der Waals surface area (Å²) in [6.07, 6.45) is 2.15. The first-order valence-electron chi connectivity index (χ1n) is 5.31. The molecule has 2 N–H and O–H groups in total. The van der Waals surface area contributed by atoms with Crippen LogP contribution in [0.4, 0.5) is 0 Å². The monoisotopic (exact) mass is 200 g/mol. The maximum Gasteiger partial charge on any atom is 0.239 e. The van der Waals surface area contributed by atoms with Gasteiger partial charge < -0.3 is 15.3 Å². The Morgan fingerprint density at radius 1 is 1.71 bits per heavy atom. The van der Waals surface area contributed by atoms with Crippen LogP contribution in [0.25, 0.3) is 0 Å². The molecule has 1 heterocycles. The number of likely N-dealkylation sites (tertiary alicyclic amines) is 1. The van der Waals surface area contributed by atoms with Gasteiger partial charge in [0.15, 0.2) is 0 Å². The van der Waals surface area contributed by atoms with Crippen LogP contribution in [0.5, 0.6) is 0 Å². The lowest BCUT2D eigenvalue weighted by Gasteiger charge is -2.13. The summed E-state index contributed by atoms with van der Waals surface area (Å²) in [6, 6.07) is -0.0240. The molecular weight excluding hydrogens is 180 g/mol. The van der Waals surface area contributed by atoms with Gasteiger partial charge in [-0.05, 0) is 25.8 Å². The van der Waals surface area contributed by atoms with Crippen molar-refractivity contribution >= 4 is 5.91 Å². The number of rotatable bonds is 5. The van der Waals surface area contributed by atoms with E-state index < -0.39 is 0 Å². The van der Waals surface area contributed by atoms with Crippen molar-refractivity contribution in [3.05, 3.63) is 0 Å². The first-order valence-corrected chi connectivity index (χ1v) is 5.31. The van der Waals surface area contributed by atoms with Gasteiger partial charge in [0.05, 0.1) is 12.1 Å². The van der Waals surface area contributed by atoms with Gasteiger partial charge in [0.25, 0.3) is 0 Å². The van der Waals surface area contributed by atoms with Crippen molar-refractivity contribution in [2.45, 2.75) is 38.3 Å². The van der Waals surface area contributed by atoms with Gasteiger partial charge in [0.1, 0.15) is 0 Å². The molecule has 82 valence electrons. The highest BCUT2D eigenvalue weighted by Gasteiger charge is 2.28. The molecule has 1 saturated heterocycles. The number of carbonyl (C=O) groups is 1. The number of aliphatic hydroxyl groups is 1. The Kier molecular flexibility index (Phi) is 4.35. The summed E-state index contributed by atoms with van der Waals surface area (Å²) in [6.45, 7) is 3.52. The summed E-state index contributed by atoms with van der Waals surface area (Å²) in [5.41, 5.74) is 0. The van der Waals surface area contributed by atoms with E-state index in [0.29, 0.717) is 0 Å². The van der Waals surface area contributed by atoms with Crippen LogP contribution in [0, 0.1) is 0 Å². The maximum atomic E-state index is 11.5. The van der Waals surface area contributed by atoms with Gasteiger partial charge in [-0.1, -0.05) is 6.92 Å². The summed E-state index contributed by atoms with van der Waals surface area (Å²) < 4.78 is 0. The second-order valence-corrected chi connectivity index (χ2v) is 3.91. The minimum absolute atomic E-state index is 0.0240. The number of aliphatic hydroxyl groups excluding tert-OH is 1. The van der Waals surface area contributed by atoms with Gasteiger partial charge in [-0.15, -0.1) is 0 Å². The largest absolute Gasteiger partial charge is 0.393 e. The second kappa shape index (κ2) is 5.32. The summed E-state index contributed by atoms with van der Waals surface area (Å²) in [7, 11) is 1.82. The molecule has 1 fully saturated rings. The van der Waals surface area contributed by atoms with E-state index in [2.05, 4.69) is 5.32 Å². The third-order valence-corrected chi connectivity index (χ3v) is 2.77. The van der Waals surface area contributed by atoms with Crippen molar-refractivity contribution in [2.24, 2.45) is 0 Å². The molecule has 2 atom stereocenters. The molecule has 1 amide bonds. The van der Waals surface area contributed by atoms with E-state index in [1.807, 2.05) is 14.0 Å². The molecule has 0 spiro atoms. The fourth-order valence-electron chi connectivity index (χ4n) is 1.64. The molecule has 2 unspecified atom stereocenters. The van der Waals surface area contributed by atoms with E-state index in [4.69, 9.17) is 0 Å². The molecule has 1 aliphatic rings. The van der Waals surface area contributed by atoms with Crippen LogP contribution in [0.1, 0.15) is 26.2 Å². The zero-order valence-corrected chi connectivity index (χ0v) is 8.99. The average molecular weight is 200 g/mol. The smallest absolute Gasteiger partial charge is 0.239 e. The molecule has 1 aliphatic heterocycles. The molecule has 0 aromatic rings. The SMILES string of the molecule is CCC(O)CCNC1CCN(C)C1=O. The number of hydrogen-bond donors (Lipinski definition) is 2. The second-order valence-electron chi connectivity index (χ2n) is 3.91. The van der Waals surface area contributed by atoms with Gasteiger partial charge >= 0.3 is 0 Å². The molecular formula is C10H20N2O2. The zero-order chi connectivity index (χ0) is 10.6. The van der Waals surface area contributed by atoms with Gasteiger partial charge in [0, 0.05) is 13.6 Å². The van der Waals surface area contributed by atoms with Gasteiger partial charge in [-0.2, -0.15) is 0 Å². The van der Waals surface area contributed by atoms with Crippen molar-refractivity contribution < 1.29 is 9.90 Å². The Balaban J connectivity index is 2.16. The maximum absolute atomic E-state index is 11.5. The van der Waals surface area contributed by atoms with E-state index in [0.717, 1.165) is 32.4 Å². The van der Waals surface area contributed by atoms with Crippen LogP contribution >= 0.6 is 0 Å². The van der Waals surface area contributed by atoms with Crippen molar-refractivity contribution in [2.75, 3.05) is 20.1 Å². The molecule has 0 bridgehead atoms. The standard InChI is InChI=1S/C10H20N2O2/c1-3-8(13)4-6-11-9-5-7-12(2)10(9)14/h8-9,11,13H,3-7H2,1-2H3. The van der Waals surface area contributed by atoms with Gasteiger partial charge in [-0.25, -0.2) is 0 Å². The Morgan fingerprint density at radius 2 is 2.43 bits per heavy atom. The molecule has 4 heteroatoms. The zero-order valence-electron chi connectivity index (χ0n) is 8.99.